The summed E-state index contributed by atoms with van der Waals surface area (Å²) in [6, 6.07) is 9.89. The monoisotopic (exact) mass is 393 g/mol. The summed E-state index contributed by atoms with van der Waals surface area (Å²) < 4.78 is 5.93. The summed E-state index contributed by atoms with van der Waals surface area (Å²) in [5.41, 5.74) is 1.46. The standard InChI is InChI=1S/C25H31NO3/c1-5-17-11-9-10-14-26(17)25(4,6-2)22-20(27)15-16(3)21-18-12-7-8-13-19(18)24(28)29-23(21)22/h7-8,12-13,15,17,27H,5-6,9-11,14H2,1-4H3/t17-,25?/m0/s1. The van der Waals surface area contributed by atoms with Crippen LogP contribution in [-0.4, -0.2) is 22.6 Å². The highest BCUT2D eigenvalue weighted by Gasteiger charge is 2.41. The minimum atomic E-state index is -0.407. The molecule has 154 valence electrons. The Balaban J connectivity index is 2.08. The molecule has 2 atom stereocenters. The molecule has 1 aliphatic heterocycles. The number of aromatic hydroxyl groups is 1. The van der Waals surface area contributed by atoms with Gasteiger partial charge in [0.2, 0.25) is 0 Å². The maximum Gasteiger partial charge on any atom is 0.344 e. The molecule has 2 heterocycles. The van der Waals surface area contributed by atoms with E-state index in [-0.39, 0.29) is 11.4 Å². The molecule has 4 heteroatoms. The quantitative estimate of drug-likeness (QED) is 0.446. The number of nitrogens with zero attached hydrogens (tertiary/aromatic N) is 1. The third kappa shape index (κ3) is 3.05. The Morgan fingerprint density at radius 1 is 1.21 bits per heavy atom. The normalized spacial score (nSPS) is 20.2. The van der Waals surface area contributed by atoms with E-state index in [1.165, 1.54) is 12.8 Å². The summed E-state index contributed by atoms with van der Waals surface area (Å²) in [4.78, 5) is 15.4. The van der Waals surface area contributed by atoms with E-state index in [1.54, 1.807) is 0 Å². The summed E-state index contributed by atoms with van der Waals surface area (Å²) in [5.74, 6) is 0.221. The van der Waals surface area contributed by atoms with E-state index in [0.29, 0.717) is 17.0 Å². The van der Waals surface area contributed by atoms with Crippen LogP contribution >= 0.6 is 0 Å². The lowest BCUT2D eigenvalue weighted by Crippen LogP contribution is -2.51. The van der Waals surface area contributed by atoms with Crippen LogP contribution in [0.15, 0.2) is 39.5 Å². The smallest absolute Gasteiger partial charge is 0.344 e. The van der Waals surface area contributed by atoms with Gasteiger partial charge in [-0.3, -0.25) is 4.90 Å². The number of rotatable bonds is 4. The van der Waals surface area contributed by atoms with Gasteiger partial charge in [0.15, 0.2) is 0 Å². The van der Waals surface area contributed by atoms with Gasteiger partial charge in [-0.25, -0.2) is 4.79 Å². The molecule has 1 fully saturated rings. The first-order valence-corrected chi connectivity index (χ1v) is 10.9. The first-order valence-electron chi connectivity index (χ1n) is 10.9. The second-order valence-corrected chi connectivity index (χ2v) is 8.61. The number of hydrogen-bond donors (Lipinski definition) is 1. The molecule has 3 aromatic rings. The number of fused-ring (bicyclic) bond motifs is 3. The maximum absolute atomic E-state index is 12.8. The summed E-state index contributed by atoms with van der Waals surface area (Å²) in [6.45, 7) is 9.55. The fourth-order valence-electron chi connectivity index (χ4n) is 5.35. The van der Waals surface area contributed by atoms with Crippen molar-refractivity contribution in [3.63, 3.8) is 0 Å². The van der Waals surface area contributed by atoms with Crippen LogP contribution in [0, 0.1) is 6.92 Å². The van der Waals surface area contributed by atoms with E-state index in [4.69, 9.17) is 4.42 Å². The molecule has 1 unspecified atom stereocenters. The minimum Gasteiger partial charge on any atom is -0.507 e. The topological polar surface area (TPSA) is 53.7 Å². The van der Waals surface area contributed by atoms with Gasteiger partial charge in [-0.15, -0.1) is 0 Å². The van der Waals surface area contributed by atoms with Crippen molar-refractivity contribution in [1.29, 1.82) is 0 Å². The molecule has 1 aliphatic rings. The predicted molar refractivity (Wildman–Crippen MR) is 119 cm³/mol. The van der Waals surface area contributed by atoms with Crippen molar-refractivity contribution >= 4 is 21.7 Å². The Hall–Kier alpha value is -2.33. The second kappa shape index (κ2) is 7.49. The SMILES string of the molecule is CC[C@H]1CCCCN1C(C)(CC)c1c(O)cc(C)c2c1oc(=O)c1ccccc12. The number of hydrogen-bond acceptors (Lipinski definition) is 4. The van der Waals surface area contributed by atoms with Crippen LogP contribution in [0.5, 0.6) is 5.75 Å². The Morgan fingerprint density at radius 3 is 2.62 bits per heavy atom. The Kier molecular flexibility index (Phi) is 5.16. The van der Waals surface area contributed by atoms with Gasteiger partial charge in [0, 0.05) is 16.8 Å². The van der Waals surface area contributed by atoms with Crippen molar-refractivity contribution in [2.45, 2.75) is 71.4 Å². The number of phenolic OH excluding ortho intramolecular Hbond substituents is 1. The number of likely N-dealkylation sites (tertiary alicyclic amines) is 1. The van der Waals surface area contributed by atoms with E-state index in [2.05, 4.69) is 25.7 Å². The van der Waals surface area contributed by atoms with Crippen LogP contribution in [0.2, 0.25) is 0 Å². The van der Waals surface area contributed by atoms with E-state index >= 15 is 0 Å². The summed E-state index contributed by atoms with van der Waals surface area (Å²) >= 11 is 0. The molecule has 0 amide bonds. The first-order chi connectivity index (χ1) is 13.9. The van der Waals surface area contributed by atoms with Gasteiger partial charge in [0.25, 0.3) is 0 Å². The number of piperidine rings is 1. The lowest BCUT2D eigenvalue weighted by atomic mass is 9.81. The highest BCUT2D eigenvalue weighted by atomic mass is 16.4. The lowest BCUT2D eigenvalue weighted by Gasteiger charge is -2.48. The van der Waals surface area contributed by atoms with Gasteiger partial charge in [-0.05, 0) is 63.8 Å². The molecule has 4 nitrogen and oxygen atoms in total. The summed E-state index contributed by atoms with van der Waals surface area (Å²) in [7, 11) is 0. The second-order valence-electron chi connectivity index (χ2n) is 8.61. The van der Waals surface area contributed by atoms with Crippen LogP contribution in [0.25, 0.3) is 21.7 Å². The third-order valence-corrected chi connectivity index (χ3v) is 7.03. The highest BCUT2D eigenvalue weighted by molar-refractivity contribution is 6.07. The van der Waals surface area contributed by atoms with Crippen LogP contribution in [0.1, 0.15) is 64.0 Å². The van der Waals surface area contributed by atoms with Gasteiger partial charge in [0.1, 0.15) is 11.3 Å². The summed E-state index contributed by atoms with van der Waals surface area (Å²) in [6.07, 6.45) is 5.47. The van der Waals surface area contributed by atoms with Crippen molar-refractivity contribution < 1.29 is 9.52 Å². The fourth-order valence-corrected chi connectivity index (χ4v) is 5.35. The average Bonchev–Trinajstić information content (AvgIpc) is 2.73. The zero-order chi connectivity index (χ0) is 20.8. The van der Waals surface area contributed by atoms with Crippen molar-refractivity contribution in [3.05, 3.63) is 51.9 Å². The zero-order valence-corrected chi connectivity index (χ0v) is 17.9. The molecule has 2 aromatic carbocycles. The zero-order valence-electron chi connectivity index (χ0n) is 17.9. The van der Waals surface area contributed by atoms with Gasteiger partial charge < -0.3 is 9.52 Å². The molecule has 0 saturated carbocycles. The van der Waals surface area contributed by atoms with Gasteiger partial charge in [-0.1, -0.05) is 38.5 Å². The molecular formula is C25H31NO3. The molecule has 29 heavy (non-hydrogen) atoms. The molecule has 1 aromatic heterocycles. The number of aryl methyl sites for hydroxylation is 1. The Labute approximate surface area is 172 Å². The predicted octanol–water partition coefficient (Wildman–Crippen LogP) is 5.85. The van der Waals surface area contributed by atoms with Crippen molar-refractivity contribution in [3.8, 4) is 5.75 Å². The minimum absolute atomic E-state index is 0.221. The van der Waals surface area contributed by atoms with Gasteiger partial charge in [0.05, 0.1) is 16.5 Å². The van der Waals surface area contributed by atoms with Crippen LogP contribution in [0.3, 0.4) is 0 Å². The van der Waals surface area contributed by atoms with Crippen molar-refractivity contribution in [2.75, 3.05) is 6.54 Å². The van der Waals surface area contributed by atoms with E-state index in [0.717, 1.165) is 47.7 Å². The van der Waals surface area contributed by atoms with Crippen LogP contribution in [-0.2, 0) is 5.54 Å². The number of phenols is 1. The molecule has 1 saturated heterocycles. The van der Waals surface area contributed by atoms with Crippen LogP contribution < -0.4 is 5.63 Å². The van der Waals surface area contributed by atoms with Crippen molar-refractivity contribution in [1.82, 2.24) is 4.90 Å². The lowest BCUT2D eigenvalue weighted by molar-refractivity contribution is 0.0195. The molecule has 1 N–H and O–H groups in total. The largest absolute Gasteiger partial charge is 0.507 e. The molecule has 0 bridgehead atoms. The van der Waals surface area contributed by atoms with E-state index in [9.17, 15) is 9.90 Å². The van der Waals surface area contributed by atoms with Crippen LogP contribution in [0.4, 0.5) is 0 Å². The van der Waals surface area contributed by atoms with E-state index in [1.807, 2.05) is 37.3 Å². The Bertz CT molecular complexity index is 1120. The van der Waals surface area contributed by atoms with E-state index < -0.39 is 5.54 Å². The molecule has 0 spiro atoms. The third-order valence-electron chi connectivity index (χ3n) is 7.03. The highest BCUT2D eigenvalue weighted by Crippen LogP contribution is 2.46. The first kappa shape index (κ1) is 20.0. The van der Waals surface area contributed by atoms with Crippen molar-refractivity contribution in [2.24, 2.45) is 0 Å². The van der Waals surface area contributed by atoms with Gasteiger partial charge >= 0.3 is 5.63 Å². The molecule has 0 aliphatic carbocycles. The fraction of sp³-hybridized carbons (Fsp3) is 0.480. The molecule has 4 rings (SSSR count). The summed E-state index contributed by atoms with van der Waals surface area (Å²) in [5, 5.41) is 13.5. The maximum atomic E-state index is 12.8. The molecular weight excluding hydrogens is 362 g/mol. The molecule has 0 radical (unpaired) electrons. The number of benzene rings is 2. The average molecular weight is 394 g/mol. The van der Waals surface area contributed by atoms with Gasteiger partial charge in [-0.2, -0.15) is 0 Å². The Morgan fingerprint density at radius 2 is 1.93 bits per heavy atom.